The van der Waals surface area contributed by atoms with Crippen molar-refractivity contribution in [2.45, 2.75) is 16.2 Å². The number of hydrogen-bond donors (Lipinski definition) is 1. The van der Waals surface area contributed by atoms with Gasteiger partial charge in [-0.15, -0.1) is 18.3 Å². The highest BCUT2D eigenvalue weighted by Gasteiger charge is 2.42. The number of aromatic nitrogens is 2. The Kier molecular flexibility index (Phi) is 4.71. The molecule has 1 aromatic carbocycles. The van der Waals surface area contributed by atoms with E-state index in [1.807, 2.05) is 30.3 Å². The predicted molar refractivity (Wildman–Crippen MR) is 90.5 cm³/mol. The van der Waals surface area contributed by atoms with Crippen LogP contribution in [0.3, 0.4) is 0 Å². The summed E-state index contributed by atoms with van der Waals surface area (Å²) in [6.45, 7) is 4.30. The molecule has 0 saturated heterocycles. The van der Waals surface area contributed by atoms with E-state index in [1.54, 1.807) is 18.0 Å². The molecule has 1 atom stereocenters. The van der Waals surface area contributed by atoms with Crippen LogP contribution < -0.4 is 4.74 Å². The van der Waals surface area contributed by atoms with Crippen LogP contribution in [0, 0.1) is 0 Å². The first-order chi connectivity index (χ1) is 10.8. The van der Waals surface area contributed by atoms with Crippen LogP contribution in [-0.2, 0) is 4.75 Å². The summed E-state index contributed by atoms with van der Waals surface area (Å²) in [6, 6.07) is 7.82. The highest BCUT2D eigenvalue weighted by molar-refractivity contribution is 7.99. The molecule has 0 saturated carbocycles. The van der Waals surface area contributed by atoms with Crippen LogP contribution in [-0.4, -0.2) is 26.9 Å². The average Bonchev–Trinajstić information content (AvgIpc) is 2.59. The van der Waals surface area contributed by atoms with Crippen molar-refractivity contribution in [3.63, 3.8) is 0 Å². The molecular formula is C16H16N2O2S2. The van der Waals surface area contributed by atoms with Gasteiger partial charge in [-0.2, -0.15) is 0 Å². The van der Waals surface area contributed by atoms with E-state index in [1.165, 1.54) is 6.33 Å². The van der Waals surface area contributed by atoms with Crippen molar-refractivity contribution < 1.29 is 9.29 Å². The fourth-order valence-corrected chi connectivity index (χ4v) is 4.17. The number of hydrogen-bond acceptors (Lipinski definition) is 6. The van der Waals surface area contributed by atoms with Crippen molar-refractivity contribution in [2.24, 2.45) is 0 Å². The zero-order chi connectivity index (χ0) is 15.4. The number of para-hydroxylation sites is 1. The lowest BCUT2D eigenvalue weighted by molar-refractivity contribution is 0.264. The molecule has 4 nitrogen and oxygen atoms in total. The van der Waals surface area contributed by atoms with E-state index < -0.39 is 4.75 Å². The molecule has 3 rings (SSSR count). The summed E-state index contributed by atoms with van der Waals surface area (Å²) in [4.78, 5) is 8.58. The Bertz CT molecular complexity index is 681. The van der Waals surface area contributed by atoms with Gasteiger partial charge in [-0.05, 0) is 6.07 Å². The maximum absolute atomic E-state index is 10.2. The Hall–Kier alpha value is -1.50. The van der Waals surface area contributed by atoms with Gasteiger partial charge >= 0.3 is 0 Å². The van der Waals surface area contributed by atoms with Crippen LogP contribution in [0.4, 0.5) is 0 Å². The number of fused-ring (bicyclic) bond motifs is 1. The van der Waals surface area contributed by atoms with E-state index in [0.29, 0.717) is 13.0 Å². The molecule has 114 valence electrons. The molecule has 1 N–H and O–H groups in total. The smallest absolute Gasteiger partial charge is 0.124 e. The first-order valence-electron chi connectivity index (χ1n) is 6.91. The van der Waals surface area contributed by atoms with Crippen LogP contribution in [0.25, 0.3) is 0 Å². The van der Waals surface area contributed by atoms with Crippen LogP contribution in [0.5, 0.6) is 5.75 Å². The molecule has 0 amide bonds. The molecule has 1 unspecified atom stereocenters. The second-order valence-electron chi connectivity index (χ2n) is 4.85. The van der Waals surface area contributed by atoms with Crippen molar-refractivity contribution in [3.05, 3.63) is 60.6 Å². The summed E-state index contributed by atoms with van der Waals surface area (Å²) < 4.78 is 15.3. The number of ether oxygens (including phenoxy) is 1. The third-order valence-corrected chi connectivity index (χ3v) is 5.60. The van der Waals surface area contributed by atoms with E-state index in [9.17, 15) is 4.55 Å². The largest absolute Gasteiger partial charge is 0.493 e. The SMILES string of the molecule is C=CCSc1ncncc1C1(SO)CCOc2ccccc21. The molecule has 0 fully saturated rings. The van der Waals surface area contributed by atoms with Gasteiger partial charge < -0.3 is 9.29 Å². The molecule has 2 heterocycles. The highest BCUT2D eigenvalue weighted by Crippen LogP contribution is 2.51. The van der Waals surface area contributed by atoms with Gasteiger partial charge in [0.2, 0.25) is 0 Å². The molecule has 0 radical (unpaired) electrons. The van der Waals surface area contributed by atoms with E-state index in [4.69, 9.17) is 4.74 Å². The van der Waals surface area contributed by atoms with E-state index >= 15 is 0 Å². The minimum Gasteiger partial charge on any atom is -0.493 e. The minimum absolute atomic E-state index is 0.547. The third-order valence-electron chi connectivity index (χ3n) is 3.64. The zero-order valence-electron chi connectivity index (χ0n) is 11.9. The lowest BCUT2D eigenvalue weighted by Gasteiger charge is -2.36. The van der Waals surface area contributed by atoms with Crippen molar-refractivity contribution in [1.82, 2.24) is 9.97 Å². The van der Waals surface area contributed by atoms with Crippen LogP contribution in [0.15, 0.2) is 54.5 Å². The van der Waals surface area contributed by atoms with Gasteiger partial charge in [-0.3, -0.25) is 0 Å². The lowest BCUT2D eigenvalue weighted by atomic mass is 9.87. The van der Waals surface area contributed by atoms with Crippen molar-refractivity contribution in [2.75, 3.05) is 12.4 Å². The minimum atomic E-state index is -0.598. The summed E-state index contributed by atoms with van der Waals surface area (Å²) in [6.07, 6.45) is 5.84. The summed E-state index contributed by atoms with van der Waals surface area (Å²) in [5.41, 5.74) is 1.88. The summed E-state index contributed by atoms with van der Waals surface area (Å²) in [5.74, 6) is 1.56. The van der Waals surface area contributed by atoms with Gasteiger partial charge in [0, 0.05) is 41.5 Å². The zero-order valence-corrected chi connectivity index (χ0v) is 13.6. The van der Waals surface area contributed by atoms with E-state index in [2.05, 4.69) is 16.5 Å². The van der Waals surface area contributed by atoms with Gasteiger partial charge in [0.25, 0.3) is 0 Å². The van der Waals surface area contributed by atoms with Gasteiger partial charge in [0.15, 0.2) is 0 Å². The standard InChI is InChI=1S/C16H16N2O2S2/c1-2-9-21-15-13(10-17-11-18-15)16(22-19)7-8-20-14-6-4-3-5-12(14)16/h2-6,10-11,19H,1,7-9H2. The van der Waals surface area contributed by atoms with Crippen molar-refractivity contribution >= 4 is 23.8 Å². The van der Waals surface area contributed by atoms with Crippen molar-refractivity contribution in [3.8, 4) is 5.75 Å². The van der Waals surface area contributed by atoms with Gasteiger partial charge in [-0.25, -0.2) is 9.97 Å². The molecule has 0 aliphatic carbocycles. The topological polar surface area (TPSA) is 55.2 Å². The number of benzene rings is 1. The molecule has 1 aliphatic heterocycles. The number of rotatable bonds is 5. The van der Waals surface area contributed by atoms with Crippen molar-refractivity contribution in [1.29, 1.82) is 0 Å². The maximum atomic E-state index is 10.2. The average molecular weight is 332 g/mol. The first kappa shape index (κ1) is 15.4. The number of nitrogens with zero attached hydrogens (tertiary/aromatic N) is 2. The Labute approximate surface area is 138 Å². The molecule has 6 heteroatoms. The van der Waals surface area contributed by atoms with Gasteiger partial charge in [0.1, 0.15) is 21.8 Å². The van der Waals surface area contributed by atoms with Crippen LogP contribution in [0.2, 0.25) is 0 Å². The highest BCUT2D eigenvalue weighted by atomic mass is 32.2. The van der Waals surface area contributed by atoms with Crippen LogP contribution in [0.1, 0.15) is 17.5 Å². The molecular weight excluding hydrogens is 316 g/mol. The molecule has 0 bridgehead atoms. The fourth-order valence-electron chi connectivity index (χ4n) is 2.64. The second-order valence-corrected chi connectivity index (χ2v) is 6.74. The predicted octanol–water partition coefficient (Wildman–Crippen LogP) is 3.99. The Morgan fingerprint density at radius 1 is 1.36 bits per heavy atom. The summed E-state index contributed by atoms with van der Waals surface area (Å²) in [5, 5.41) is 0.869. The van der Waals surface area contributed by atoms with Crippen LogP contribution >= 0.6 is 23.8 Å². The molecule has 22 heavy (non-hydrogen) atoms. The molecule has 2 aromatic rings. The monoisotopic (exact) mass is 332 g/mol. The lowest BCUT2D eigenvalue weighted by Crippen LogP contribution is -2.32. The third kappa shape index (κ3) is 2.62. The molecule has 0 spiro atoms. The normalized spacial score (nSPS) is 20.0. The van der Waals surface area contributed by atoms with Gasteiger partial charge in [-0.1, -0.05) is 24.3 Å². The number of thioether (sulfide) groups is 1. The maximum Gasteiger partial charge on any atom is 0.124 e. The Morgan fingerprint density at radius 2 is 2.23 bits per heavy atom. The first-order valence-corrected chi connectivity index (χ1v) is 8.67. The van der Waals surface area contributed by atoms with E-state index in [-0.39, 0.29) is 0 Å². The summed E-state index contributed by atoms with van der Waals surface area (Å²) in [7, 11) is 0. The molecule has 1 aliphatic rings. The van der Waals surface area contributed by atoms with Gasteiger partial charge in [0.05, 0.1) is 6.61 Å². The molecule has 1 aromatic heterocycles. The fraction of sp³-hybridized carbons (Fsp3) is 0.250. The quantitative estimate of drug-likeness (QED) is 0.387. The second kappa shape index (κ2) is 6.73. The van der Waals surface area contributed by atoms with E-state index in [0.717, 1.165) is 39.7 Å². The summed E-state index contributed by atoms with van der Waals surface area (Å²) >= 11 is 2.43. The Balaban J connectivity index is 2.14. The Morgan fingerprint density at radius 3 is 3.05 bits per heavy atom.